The summed E-state index contributed by atoms with van der Waals surface area (Å²) in [6.45, 7) is 5.81. The summed E-state index contributed by atoms with van der Waals surface area (Å²) >= 11 is 0. The van der Waals surface area contributed by atoms with E-state index in [1.165, 1.54) is 6.08 Å². The van der Waals surface area contributed by atoms with Crippen LogP contribution in [0.15, 0.2) is 41.0 Å². The monoisotopic (exact) mass is 395 g/mol. The lowest BCUT2D eigenvalue weighted by Crippen LogP contribution is -2.10. The molecular weight excluding hydrogens is 370 g/mol. The van der Waals surface area contributed by atoms with Gasteiger partial charge < -0.3 is 23.9 Å². The van der Waals surface area contributed by atoms with Crippen LogP contribution in [0.2, 0.25) is 0 Å². The zero-order valence-corrected chi connectivity index (χ0v) is 17.5. The van der Waals surface area contributed by atoms with Crippen molar-refractivity contribution >= 4 is 28.1 Å². The number of nitrogens with one attached hydrogen (secondary N) is 1. The minimum absolute atomic E-state index is 0.280. The highest BCUT2D eigenvalue weighted by molar-refractivity contribution is 6.05. The highest BCUT2D eigenvalue weighted by Crippen LogP contribution is 2.37. The van der Waals surface area contributed by atoms with Gasteiger partial charge in [0.2, 0.25) is 5.91 Å². The molecule has 0 unspecified atom stereocenters. The molecule has 1 heterocycles. The number of anilines is 1. The molecule has 0 atom stereocenters. The maximum Gasteiger partial charge on any atom is 0.248 e. The first-order valence-electron chi connectivity index (χ1n) is 9.16. The number of rotatable bonds is 6. The van der Waals surface area contributed by atoms with Crippen molar-refractivity contribution < 1.29 is 23.4 Å². The molecule has 2 aromatic carbocycles. The van der Waals surface area contributed by atoms with E-state index >= 15 is 0 Å². The maximum absolute atomic E-state index is 12.7. The van der Waals surface area contributed by atoms with Crippen molar-refractivity contribution in [1.82, 2.24) is 0 Å². The van der Waals surface area contributed by atoms with Crippen LogP contribution in [0.4, 0.5) is 5.69 Å². The van der Waals surface area contributed by atoms with Crippen molar-refractivity contribution in [2.45, 2.75) is 20.8 Å². The van der Waals surface area contributed by atoms with Crippen LogP contribution in [0.3, 0.4) is 0 Å². The Morgan fingerprint density at radius 3 is 2.48 bits per heavy atom. The SMILES string of the molecule is COc1ccc(OC)c(NC(=O)/C=C(\C)c2cc3c(C)coc3c(C)c2OC)c1. The summed E-state index contributed by atoms with van der Waals surface area (Å²) in [5.41, 5.74) is 4.87. The van der Waals surface area contributed by atoms with Crippen LogP contribution >= 0.6 is 0 Å². The molecule has 0 fully saturated rings. The van der Waals surface area contributed by atoms with Gasteiger partial charge in [0, 0.05) is 28.7 Å². The van der Waals surface area contributed by atoms with E-state index in [2.05, 4.69) is 5.32 Å². The number of hydrogen-bond donors (Lipinski definition) is 1. The molecule has 0 aliphatic rings. The third kappa shape index (κ3) is 3.92. The van der Waals surface area contributed by atoms with E-state index in [0.717, 1.165) is 33.2 Å². The first-order valence-corrected chi connectivity index (χ1v) is 9.16. The van der Waals surface area contributed by atoms with Gasteiger partial charge in [0.15, 0.2) is 0 Å². The number of allylic oxidation sites excluding steroid dienone is 1. The minimum Gasteiger partial charge on any atom is -0.497 e. The van der Waals surface area contributed by atoms with Gasteiger partial charge in [-0.05, 0) is 50.1 Å². The van der Waals surface area contributed by atoms with E-state index in [-0.39, 0.29) is 5.91 Å². The predicted molar refractivity (Wildman–Crippen MR) is 114 cm³/mol. The van der Waals surface area contributed by atoms with Gasteiger partial charge in [0.05, 0.1) is 33.3 Å². The predicted octanol–water partition coefficient (Wildman–Crippen LogP) is 5.12. The van der Waals surface area contributed by atoms with Crippen molar-refractivity contribution in [2.75, 3.05) is 26.6 Å². The van der Waals surface area contributed by atoms with Gasteiger partial charge in [-0.25, -0.2) is 0 Å². The Morgan fingerprint density at radius 1 is 1.07 bits per heavy atom. The fraction of sp³-hybridized carbons (Fsp3) is 0.261. The Balaban J connectivity index is 1.97. The fourth-order valence-electron chi connectivity index (χ4n) is 3.35. The molecule has 0 aliphatic heterocycles. The summed E-state index contributed by atoms with van der Waals surface area (Å²) in [5.74, 6) is 1.58. The van der Waals surface area contributed by atoms with Crippen molar-refractivity contribution in [3.8, 4) is 17.2 Å². The second kappa shape index (κ2) is 8.31. The lowest BCUT2D eigenvalue weighted by atomic mass is 9.98. The molecule has 152 valence electrons. The lowest BCUT2D eigenvalue weighted by molar-refractivity contribution is -0.111. The summed E-state index contributed by atoms with van der Waals surface area (Å²) in [6.07, 6.45) is 3.26. The third-order valence-electron chi connectivity index (χ3n) is 4.88. The van der Waals surface area contributed by atoms with Crippen LogP contribution in [0, 0.1) is 13.8 Å². The quantitative estimate of drug-likeness (QED) is 0.587. The molecule has 1 amide bonds. The summed E-state index contributed by atoms with van der Waals surface area (Å²) in [7, 11) is 4.73. The molecular formula is C23H25NO5. The van der Waals surface area contributed by atoms with Crippen molar-refractivity contribution in [1.29, 1.82) is 0 Å². The molecule has 0 aliphatic carbocycles. The van der Waals surface area contributed by atoms with E-state index in [0.29, 0.717) is 22.9 Å². The van der Waals surface area contributed by atoms with E-state index in [9.17, 15) is 4.79 Å². The van der Waals surface area contributed by atoms with Crippen LogP contribution in [-0.4, -0.2) is 27.2 Å². The number of carbonyl (C=O) groups excluding carboxylic acids is 1. The summed E-state index contributed by atoms with van der Waals surface area (Å²) in [6, 6.07) is 7.22. The fourth-order valence-corrected chi connectivity index (χ4v) is 3.35. The van der Waals surface area contributed by atoms with Gasteiger partial charge in [0.1, 0.15) is 22.8 Å². The van der Waals surface area contributed by atoms with E-state index in [1.807, 2.05) is 26.8 Å². The van der Waals surface area contributed by atoms with Crippen LogP contribution in [-0.2, 0) is 4.79 Å². The number of furan rings is 1. The molecule has 0 radical (unpaired) electrons. The molecule has 6 heteroatoms. The summed E-state index contributed by atoms with van der Waals surface area (Å²) in [4.78, 5) is 12.7. The van der Waals surface area contributed by atoms with Crippen LogP contribution in [0.25, 0.3) is 16.5 Å². The zero-order valence-electron chi connectivity index (χ0n) is 17.5. The Bertz CT molecular complexity index is 1090. The normalized spacial score (nSPS) is 11.4. The van der Waals surface area contributed by atoms with Gasteiger partial charge in [-0.3, -0.25) is 4.79 Å². The molecule has 0 bridgehead atoms. The number of aryl methyl sites for hydroxylation is 2. The lowest BCUT2D eigenvalue weighted by Gasteiger charge is -2.14. The molecule has 3 aromatic rings. The van der Waals surface area contributed by atoms with Crippen LogP contribution in [0.5, 0.6) is 17.2 Å². The van der Waals surface area contributed by atoms with Gasteiger partial charge >= 0.3 is 0 Å². The number of carbonyl (C=O) groups is 1. The third-order valence-corrected chi connectivity index (χ3v) is 4.88. The number of methoxy groups -OCH3 is 3. The van der Waals surface area contributed by atoms with Crippen molar-refractivity contribution in [3.05, 3.63) is 53.3 Å². The van der Waals surface area contributed by atoms with E-state index < -0.39 is 0 Å². The van der Waals surface area contributed by atoms with E-state index in [1.54, 1.807) is 45.8 Å². The van der Waals surface area contributed by atoms with Crippen molar-refractivity contribution in [3.63, 3.8) is 0 Å². The van der Waals surface area contributed by atoms with Gasteiger partial charge in [0.25, 0.3) is 0 Å². The number of fused-ring (bicyclic) bond motifs is 1. The number of ether oxygens (including phenoxy) is 3. The summed E-state index contributed by atoms with van der Waals surface area (Å²) in [5, 5.41) is 3.85. The zero-order chi connectivity index (χ0) is 21.1. The second-order valence-corrected chi connectivity index (χ2v) is 6.76. The van der Waals surface area contributed by atoms with Crippen molar-refractivity contribution in [2.24, 2.45) is 0 Å². The molecule has 0 spiro atoms. The second-order valence-electron chi connectivity index (χ2n) is 6.76. The van der Waals surface area contributed by atoms with Gasteiger partial charge in [-0.1, -0.05) is 0 Å². The molecule has 1 N–H and O–H groups in total. The Hall–Kier alpha value is -3.41. The largest absolute Gasteiger partial charge is 0.497 e. The first kappa shape index (κ1) is 20.3. The highest BCUT2D eigenvalue weighted by atomic mass is 16.5. The Kier molecular flexibility index (Phi) is 5.82. The summed E-state index contributed by atoms with van der Waals surface area (Å²) < 4.78 is 21.8. The minimum atomic E-state index is -0.280. The number of amides is 1. The average molecular weight is 395 g/mol. The molecule has 3 rings (SSSR count). The van der Waals surface area contributed by atoms with Gasteiger partial charge in [-0.2, -0.15) is 0 Å². The molecule has 0 saturated carbocycles. The number of benzene rings is 2. The smallest absolute Gasteiger partial charge is 0.248 e. The Morgan fingerprint density at radius 2 is 1.83 bits per heavy atom. The maximum atomic E-state index is 12.7. The van der Waals surface area contributed by atoms with Gasteiger partial charge in [-0.15, -0.1) is 0 Å². The molecule has 29 heavy (non-hydrogen) atoms. The van der Waals surface area contributed by atoms with E-state index in [4.69, 9.17) is 18.6 Å². The average Bonchev–Trinajstić information content (AvgIpc) is 3.08. The standard InChI is InChI=1S/C23H25NO5/c1-13(9-21(25)24-19-10-16(26-4)7-8-20(19)27-5)17-11-18-14(2)12-29-23(18)15(3)22(17)28-6/h7-12H,1-6H3,(H,24,25)/b13-9+. The highest BCUT2D eigenvalue weighted by Gasteiger charge is 2.17. The Labute approximate surface area is 170 Å². The van der Waals surface area contributed by atoms with Crippen LogP contribution in [0.1, 0.15) is 23.6 Å². The molecule has 1 aromatic heterocycles. The van der Waals surface area contributed by atoms with Crippen LogP contribution < -0.4 is 19.5 Å². The molecule has 6 nitrogen and oxygen atoms in total. The first-order chi connectivity index (χ1) is 13.9. The topological polar surface area (TPSA) is 69.9 Å². The number of hydrogen-bond acceptors (Lipinski definition) is 5. The molecule has 0 saturated heterocycles.